The van der Waals surface area contributed by atoms with E-state index in [2.05, 4.69) is 254 Å². The van der Waals surface area contributed by atoms with Crippen molar-refractivity contribution < 1.29 is 0 Å². The number of rotatable bonds is 8. The predicted octanol–water partition coefficient (Wildman–Crippen LogP) is 15.7. The van der Waals surface area contributed by atoms with E-state index in [1.54, 1.807) is 0 Å². The van der Waals surface area contributed by atoms with Crippen LogP contribution in [0.5, 0.6) is 0 Å². The van der Waals surface area contributed by atoms with Crippen molar-refractivity contribution in [1.82, 2.24) is 0 Å². The van der Waals surface area contributed by atoms with E-state index in [4.69, 9.17) is 0 Å². The van der Waals surface area contributed by atoms with Crippen LogP contribution in [-0.4, -0.2) is 0 Å². The van der Waals surface area contributed by atoms with Gasteiger partial charge in [0.2, 0.25) is 0 Å². The molecule has 1 aliphatic carbocycles. The van der Waals surface area contributed by atoms with E-state index in [0.29, 0.717) is 0 Å². The molecule has 1 heteroatoms. The third-order valence-electron chi connectivity index (χ3n) is 12.3. The van der Waals surface area contributed by atoms with Crippen LogP contribution in [0.2, 0.25) is 0 Å². The fraction of sp³-hybridized carbons (Fsp3) is 0.0169. The molecule has 282 valence electrons. The standard InChI is InChI=1S/C59H41N/c1-4-19-50(20-5-1)59(51-21-6-2-7-22-51)57-26-13-12-25-55(57)56-38-37-54(41-58(56)59)60(52-23-8-3-9-24-52)53-35-33-44(34-36-53)43-27-29-45(30-28-43)47-17-14-18-48(39-47)49-32-31-42-15-10-11-16-46(42)40-49/h1-41H. The molecule has 0 saturated carbocycles. The Morgan fingerprint density at radius 1 is 0.250 bits per heavy atom. The van der Waals surface area contributed by atoms with Crippen molar-refractivity contribution in [2.24, 2.45) is 0 Å². The molecule has 11 rings (SSSR count). The number of fused-ring (bicyclic) bond motifs is 4. The molecule has 0 radical (unpaired) electrons. The van der Waals surface area contributed by atoms with Crippen LogP contribution in [0.4, 0.5) is 17.1 Å². The predicted molar refractivity (Wildman–Crippen MR) is 252 cm³/mol. The normalized spacial score (nSPS) is 12.5. The monoisotopic (exact) mass is 763 g/mol. The Kier molecular flexibility index (Phi) is 8.79. The van der Waals surface area contributed by atoms with Gasteiger partial charge in [0.1, 0.15) is 0 Å². The van der Waals surface area contributed by atoms with E-state index < -0.39 is 5.41 Å². The van der Waals surface area contributed by atoms with Gasteiger partial charge in [-0.05, 0) is 126 Å². The molecule has 0 fully saturated rings. The second-order valence-corrected chi connectivity index (χ2v) is 15.7. The highest BCUT2D eigenvalue weighted by atomic mass is 15.1. The van der Waals surface area contributed by atoms with Crippen molar-refractivity contribution in [3.05, 3.63) is 271 Å². The van der Waals surface area contributed by atoms with Gasteiger partial charge in [-0.15, -0.1) is 0 Å². The molecule has 0 N–H and O–H groups in total. The molecule has 60 heavy (non-hydrogen) atoms. The number of hydrogen-bond acceptors (Lipinski definition) is 1. The van der Waals surface area contributed by atoms with Gasteiger partial charge < -0.3 is 4.90 Å². The van der Waals surface area contributed by atoms with Crippen LogP contribution in [0.25, 0.3) is 55.3 Å². The van der Waals surface area contributed by atoms with Gasteiger partial charge in [-0.25, -0.2) is 0 Å². The van der Waals surface area contributed by atoms with Gasteiger partial charge in [-0.2, -0.15) is 0 Å². The molecule has 0 saturated heterocycles. The number of nitrogens with zero attached hydrogens (tertiary/aromatic N) is 1. The maximum Gasteiger partial charge on any atom is 0.0714 e. The second kappa shape index (κ2) is 14.9. The molecular formula is C59H41N. The fourth-order valence-corrected chi connectivity index (χ4v) is 9.50. The first-order chi connectivity index (χ1) is 29.7. The Morgan fingerprint density at radius 3 is 1.40 bits per heavy atom. The Hall–Kier alpha value is -7.74. The largest absolute Gasteiger partial charge is 0.310 e. The number of anilines is 3. The summed E-state index contributed by atoms with van der Waals surface area (Å²) in [5, 5.41) is 2.52. The lowest BCUT2D eigenvalue weighted by atomic mass is 9.67. The molecule has 10 aromatic carbocycles. The molecule has 0 heterocycles. The minimum Gasteiger partial charge on any atom is -0.310 e. The molecule has 0 aliphatic heterocycles. The maximum atomic E-state index is 2.43. The summed E-state index contributed by atoms with van der Waals surface area (Å²) in [5.41, 5.74) is 17.8. The van der Waals surface area contributed by atoms with Crippen LogP contribution in [0.1, 0.15) is 22.3 Å². The SMILES string of the molecule is c1ccc(N(c2ccc(-c3ccc(-c4cccc(-c5ccc6ccccc6c5)c4)cc3)cc2)c2ccc3c(c2)C(c2ccccc2)(c2ccccc2)c2ccccc2-3)cc1. The second-order valence-electron chi connectivity index (χ2n) is 15.7. The summed E-state index contributed by atoms with van der Waals surface area (Å²) in [6, 6.07) is 90.9. The van der Waals surface area contributed by atoms with Gasteiger partial charge in [0.15, 0.2) is 0 Å². The molecule has 1 aliphatic rings. The Bertz CT molecular complexity index is 3070. The zero-order valence-electron chi connectivity index (χ0n) is 33.1. The third kappa shape index (κ3) is 6.03. The highest BCUT2D eigenvalue weighted by molar-refractivity contribution is 5.90. The molecule has 10 aromatic rings. The van der Waals surface area contributed by atoms with E-state index in [9.17, 15) is 0 Å². The zero-order valence-corrected chi connectivity index (χ0v) is 33.1. The molecule has 0 unspecified atom stereocenters. The van der Waals surface area contributed by atoms with Crippen LogP contribution in [0, 0.1) is 0 Å². The Balaban J connectivity index is 0.954. The first-order valence-electron chi connectivity index (χ1n) is 20.7. The van der Waals surface area contributed by atoms with Crippen LogP contribution in [0.15, 0.2) is 249 Å². The third-order valence-corrected chi connectivity index (χ3v) is 12.3. The van der Waals surface area contributed by atoms with Crippen molar-refractivity contribution in [2.75, 3.05) is 4.90 Å². The summed E-state index contributed by atoms with van der Waals surface area (Å²) in [7, 11) is 0. The van der Waals surface area contributed by atoms with Crippen molar-refractivity contribution in [3.8, 4) is 44.5 Å². The average Bonchev–Trinajstić information content (AvgIpc) is 3.63. The van der Waals surface area contributed by atoms with Gasteiger partial charge in [0.05, 0.1) is 5.41 Å². The van der Waals surface area contributed by atoms with Gasteiger partial charge >= 0.3 is 0 Å². The molecule has 0 amide bonds. The van der Waals surface area contributed by atoms with Crippen LogP contribution >= 0.6 is 0 Å². The smallest absolute Gasteiger partial charge is 0.0714 e. The lowest BCUT2D eigenvalue weighted by Gasteiger charge is -2.35. The number of hydrogen-bond donors (Lipinski definition) is 0. The first-order valence-corrected chi connectivity index (χ1v) is 20.7. The van der Waals surface area contributed by atoms with Gasteiger partial charge in [-0.1, -0.05) is 200 Å². The summed E-state index contributed by atoms with van der Waals surface area (Å²) in [4.78, 5) is 2.39. The van der Waals surface area contributed by atoms with Crippen molar-refractivity contribution in [1.29, 1.82) is 0 Å². The number of para-hydroxylation sites is 1. The van der Waals surface area contributed by atoms with Crippen LogP contribution in [0.3, 0.4) is 0 Å². The van der Waals surface area contributed by atoms with Crippen molar-refractivity contribution in [3.63, 3.8) is 0 Å². The summed E-state index contributed by atoms with van der Waals surface area (Å²) in [6.07, 6.45) is 0. The van der Waals surface area contributed by atoms with E-state index in [0.717, 1.165) is 17.1 Å². The quantitative estimate of drug-likeness (QED) is 0.149. The van der Waals surface area contributed by atoms with E-state index >= 15 is 0 Å². The van der Waals surface area contributed by atoms with Crippen molar-refractivity contribution >= 4 is 27.8 Å². The summed E-state index contributed by atoms with van der Waals surface area (Å²) in [6.45, 7) is 0. The minimum absolute atomic E-state index is 0.472. The first kappa shape index (κ1) is 35.4. The highest BCUT2D eigenvalue weighted by Crippen LogP contribution is 2.57. The maximum absolute atomic E-state index is 2.43. The van der Waals surface area contributed by atoms with Crippen LogP contribution < -0.4 is 4.90 Å². The lowest BCUT2D eigenvalue weighted by molar-refractivity contribution is 0.768. The topological polar surface area (TPSA) is 3.24 Å². The van der Waals surface area contributed by atoms with E-state index in [1.165, 1.54) is 77.5 Å². The minimum atomic E-state index is -0.472. The summed E-state index contributed by atoms with van der Waals surface area (Å²) >= 11 is 0. The van der Waals surface area contributed by atoms with Crippen molar-refractivity contribution in [2.45, 2.75) is 5.41 Å². The van der Waals surface area contributed by atoms with Crippen LogP contribution in [-0.2, 0) is 5.41 Å². The van der Waals surface area contributed by atoms with Gasteiger partial charge in [0, 0.05) is 17.1 Å². The van der Waals surface area contributed by atoms with Gasteiger partial charge in [0.25, 0.3) is 0 Å². The van der Waals surface area contributed by atoms with Gasteiger partial charge in [-0.3, -0.25) is 0 Å². The average molecular weight is 764 g/mol. The lowest BCUT2D eigenvalue weighted by Crippen LogP contribution is -2.28. The number of benzene rings is 10. The molecule has 0 bridgehead atoms. The fourth-order valence-electron chi connectivity index (χ4n) is 9.50. The molecule has 1 nitrogen and oxygen atoms in total. The summed E-state index contributed by atoms with van der Waals surface area (Å²) < 4.78 is 0. The molecule has 0 aromatic heterocycles. The molecular weight excluding hydrogens is 723 g/mol. The Morgan fingerprint density at radius 2 is 0.717 bits per heavy atom. The van der Waals surface area contributed by atoms with E-state index in [1.807, 2.05) is 0 Å². The zero-order chi connectivity index (χ0) is 39.9. The summed E-state index contributed by atoms with van der Waals surface area (Å²) in [5.74, 6) is 0. The molecule has 0 atom stereocenters. The Labute approximate surface area is 352 Å². The molecule has 0 spiro atoms. The van der Waals surface area contributed by atoms with E-state index in [-0.39, 0.29) is 0 Å². The highest BCUT2D eigenvalue weighted by Gasteiger charge is 2.46.